The van der Waals surface area contributed by atoms with Gasteiger partial charge in [0.05, 0.1) is 0 Å². The van der Waals surface area contributed by atoms with E-state index in [2.05, 4.69) is 29.2 Å². The maximum atomic E-state index is 5.90. The summed E-state index contributed by atoms with van der Waals surface area (Å²) >= 11 is 0. The smallest absolute Gasteiger partial charge is 0.213 e. The van der Waals surface area contributed by atoms with Gasteiger partial charge in [-0.05, 0) is 39.1 Å². The Morgan fingerprint density at radius 1 is 1.59 bits per heavy atom. The van der Waals surface area contributed by atoms with E-state index in [0.717, 1.165) is 25.4 Å². The Morgan fingerprint density at radius 2 is 2.41 bits per heavy atom. The highest BCUT2D eigenvalue weighted by atomic mass is 16.5. The Kier molecular flexibility index (Phi) is 3.97. The third-order valence-corrected chi connectivity index (χ3v) is 3.33. The predicted octanol–water partition coefficient (Wildman–Crippen LogP) is 1.44. The molecule has 1 aromatic rings. The molecule has 2 unspecified atom stereocenters. The van der Waals surface area contributed by atoms with Crippen molar-refractivity contribution in [1.29, 1.82) is 0 Å². The van der Waals surface area contributed by atoms with Crippen LogP contribution in [0.15, 0.2) is 18.3 Å². The van der Waals surface area contributed by atoms with Crippen LogP contribution in [0.5, 0.6) is 5.88 Å². The zero-order valence-corrected chi connectivity index (χ0v) is 10.8. The third-order valence-electron chi connectivity index (χ3n) is 3.33. The molecule has 4 heteroatoms. The zero-order valence-electron chi connectivity index (χ0n) is 10.8. The predicted molar refractivity (Wildman–Crippen MR) is 68.2 cm³/mol. The van der Waals surface area contributed by atoms with Crippen LogP contribution in [0.4, 0.5) is 0 Å². The van der Waals surface area contributed by atoms with Crippen molar-refractivity contribution in [3.8, 4) is 5.88 Å². The van der Waals surface area contributed by atoms with Crippen LogP contribution >= 0.6 is 0 Å². The Hall–Kier alpha value is -1.13. The third kappa shape index (κ3) is 3.17. The molecule has 0 aromatic carbocycles. The second-order valence-corrected chi connectivity index (χ2v) is 4.73. The van der Waals surface area contributed by atoms with Crippen LogP contribution in [0.1, 0.15) is 24.9 Å². The highest BCUT2D eigenvalue weighted by Gasteiger charge is 2.21. The highest BCUT2D eigenvalue weighted by molar-refractivity contribution is 5.23. The van der Waals surface area contributed by atoms with Crippen molar-refractivity contribution in [2.75, 3.05) is 27.2 Å². The van der Waals surface area contributed by atoms with E-state index >= 15 is 0 Å². The van der Waals surface area contributed by atoms with Gasteiger partial charge in [-0.15, -0.1) is 0 Å². The van der Waals surface area contributed by atoms with Gasteiger partial charge in [0.15, 0.2) is 0 Å². The summed E-state index contributed by atoms with van der Waals surface area (Å²) in [6.45, 7) is 4.23. The number of ether oxygens (including phenoxy) is 1. The van der Waals surface area contributed by atoms with Crippen LogP contribution in [0.3, 0.4) is 0 Å². The minimum Gasteiger partial charge on any atom is -0.473 e. The van der Waals surface area contributed by atoms with Crippen LogP contribution in [0.25, 0.3) is 0 Å². The number of hydrogen-bond donors (Lipinski definition) is 1. The average molecular weight is 235 g/mol. The zero-order chi connectivity index (χ0) is 12.3. The molecular weight excluding hydrogens is 214 g/mol. The molecule has 1 aromatic heterocycles. The summed E-state index contributed by atoms with van der Waals surface area (Å²) in [5, 5.41) is 3.22. The molecular formula is C13H21N3O. The second-order valence-electron chi connectivity index (χ2n) is 4.73. The maximum absolute atomic E-state index is 5.90. The minimum absolute atomic E-state index is 0.285. The first-order valence-electron chi connectivity index (χ1n) is 6.17. The van der Waals surface area contributed by atoms with Crippen molar-refractivity contribution in [2.24, 2.45) is 0 Å². The second kappa shape index (κ2) is 5.47. The molecule has 17 heavy (non-hydrogen) atoms. The number of rotatable bonds is 4. The van der Waals surface area contributed by atoms with Gasteiger partial charge >= 0.3 is 0 Å². The van der Waals surface area contributed by atoms with Crippen molar-refractivity contribution in [1.82, 2.24) is 15.2 Å². The van der Waals surface area contributed by atoms with Crippen molar-refractivity contribution in [2.45, 2.75) is 25.5 Å². The maximum Gasteiger partial charge on any atom is 0.213 e. The molecule has 1 N–H and O–H groups in total. The lowest BCUT2D eigenvalue weighted by Gasteiger charge is -2.15. The van der Waals surface area contributed by atoms with E-state index in [1.54, 1.807) is 0 Å². The fourth-order valence-corrected chi connectivity index (χ4v) is 2.09. The lowest BCUT2D eigenvalue weighted by atomic mass is 10.1. The largest absolute Gasteiger partial charge is 0.473 e. The lowest BCUT2D eigenvalue weighted by Crippen LogP contribution is -2.22. The number of hydrogen-bond acceptors (Lipinski definition) is 4. The van der Waals surface area contributed by atoms with Gasteiger partial charge < -0.3 is 15.0 Å². The first-order valence-corrected chi connectivity index (χ1v) is 6.17. The van der Waals surface area contributed by atoms with E-state index in [0.29, 0.717) is 6.04 Å². The van der Waals surface area contributed by atoms with Gasteiger partial charge in [-0.2, -0.15) is 0 Å². The van der Waals surface area contributed by atoms with Crippen LogP contribution in [-0.4, -0.2) is 43.2 Å². The molecule has 0 radical (unpaired) electrons. The Labute approximate surface area is 103 Å². The van der Waals surface area contributed by atoms with Crippen molar-refractivity contribution < 1.29 is 4.74 Å². The molecule has 1 aliphatic rings. The molecule has 4 nitrogen and oxygen atoms in total. The summed E-state index contributed by atoms with van der Waals surface area (Å²) in [4.78, 5) is 6.56. The molecule has 1 fully saturated rings. The van der Waals surface area contributed by atoms with E-state index in [4.69, 9.17) is 4.74 Å². The number of pyridine rings is 1. The summed E-state index contributed by atoms with van der Waals surface area (Å²) in [7, 11) is 4.08. The van der Waals surface area contributed by atoms with Crippen LogP contribution in [0.2, 0.25) is 0 Å². The van der Waals surface area contributed by atoms with Crippen molar-refractivity contribution in [3.05, 3.63) is 23.9 Å². The number of nitrogens with one attached hydrogen (secondary N) is 1. The molecule has 0 saturated carbocycles. The van der Waals surface area contributed by atoms with E-state index in [9.17, 15) is 0 Å². The molecule has 2 atom stereocenters. The molecule has 2 heterocycles. The van der Waals surface area contributed by atoms with E-state index in [1.807, 2.05) is 25.4 Å². The summed E-state index contributed by atoms with van der Waals surface area (Å²) in [5.41, 5.74) is 1.21. The standard InChI is InChI=1S/C13H21N3O/c1-10(14-2)11-4-6-15-13(8-11)17-12-5-7-16(3)9-12/h4,6,8,10,12,14H,5,7,9H2,1-3H3. The number of likely N-dealkylation sites (tertiary alicyclic amines) is 1. The summed E-state index contributed by atoms with van der Waals surface area (Å²) < 4.78 is 5.90. The fourth-order valence-electron chi connectivity index (χ4n) is 2.09. The van der Waals surface area contributed by atoms with Crippen LogP contribution in [0, 0.1) is 0 Å². The normalized spacial score (nSPS) is 22.6. The number of nitrogens with zero attached hydrogens (tertiary/aromatic N) is 2. The molecule has 0 bridgehead atoms. The average Bonchev–Trinajstić information content (AvgIpc) is 2.74. The molecule has 0 spiro atoms. The quantitative estimate of drug-likeness (QED) is 0.857. The molecule has 1 aliphatic heterocycles. The topological polar surface area (TPSA) is 37.4 Å². The Bertz CT molecular complexity index is 369. The van der Waals surface area contributed by atoms with E-state index in [1.165, 1.54) is 5.56 Å². The van der Waals surface area contributed by atoms with Gasteiger partial charge in [0, 0.05) is 31.4 Å². The first-order chi connectivity index (χ1) is 8.19. The van der Waals surface area contributed by atoms with Gasteiger partial charge in [-0.3, -0.25) is 0 Å². The Morgan fingerprint density at radius 3 is 3.06 bits per heavy atom. The summed E-state index contributed by atoms with van der Waals surface area (Å²) in [6.07, 6.45) is 3.19. The summed E-state index contributed by atoms with van der Waals surface area (Å²) in [5.74, 6) is 0.741. The first kappa shape index (κ1) is 12.3. The van der Waals surface area contributed by atoms with Crippen LogP contribution < -0.4 is 10.1 Å². The van der Waals surface area contributed by atoms with Crippen LogP contribution in [-0.2, 0) is 0 Å². The summed E-state index contributed by atoms with van der Waals surface area (Å²) in [6, 6.07) is 4.38. The van der Waals surface area contributed by atoms with Gasteiger partial charge in [0.2, 0.25) is 5.88 Å². The van der Waals surface area contributed by atoms with E-state index < -0.39 is 0 Å². The molecule has 2 rings (SSSR count). The minimum atomic E-state index is 0.285. The fraction of sp³-hybridized carbons (Fsp3) is 0.615. The van der Waals surface area contributed by atoms with Gasteiger partial charge in [-0.1, -0.05) is 0 Å². The molecule has 94 valence electrons. The van der Waals surface area contributed by atoms with Gasteiger partial charge in [0.1, 0.15) is 6.10 Å². The lowest BCUT2D eigenvalue weighted by molar-refractivity contribution is 0.200. The van der Waals surface area contributed by atoms with Crippen molar-refractivity contribution >= 4 is 0 Å². The Balaban J connectivity index is 2.01. The van der Waals surface area contributed by atoms with E-state index in [-0.39, 0.29) is 6.10 Å². The highest BCUT2D eigenvalue weighted by Crippen LogP contribution is 2.19. The van der Waals surface area contributed by atoms with Gasteiger partial charge in [-0.25, -0.2) is 4.98 Å². The molecule has 0 amide bonds. The monoisotopic (exact) mass is 235 g/mol. The number of likely N-dealkylation sites (N-methyl/N-ethyl adjacent to an activating group) is 1. The molecule has 0 aliphatic carbocycles. The number of aromatic nitrogens is 1. The van der Waals surface area contributed by atoms with Gasteiger partial charge in [0.25, 0.3) is 0 Å². The molecule has 1 saturated heterocycles. The SMILES string of the molecule is CNC(C)c1ccnc(OC2CCN(C)C2)c1. The van der Waals surface area contributed by atoms with Crippen molar-refractivity contribution in [3.63, 3.8) is 0 Å².